The second kappa shape index (κ2) is 17.6. The summed E-state index contributed by atoms with van der Waals surface area (Å²) in [5.41, 5.74) is 7.90. The summed E-state index contributed by atoms with van der Waals surface area (Å²) in [5, 5.41) is 54.5. The summed E-state index contributed by atoms with van der Waals surface area (Å²) >= 11 is 7.46. The molecule has 28 heteroatoms. The van der Waals surface area contributed by atoms with Crippen molar-refractivity contribution >= 4 is 99.3 Å². The molecule has 3 atom stereocenters. The van der Waals surface area contributed by atoms with Crippen LogP contribution in [-0.4, -0.2) is 161 Å². The maximum Gasteiger partial charge on any atom is 0.350 e. The molecule has 0 aliphatic carbocycles. The predicted molar refractivity (Wildman–Crippen MR) is 205 cm³/mol. The Bertz CT molecular complexity index is 2150. The van der Waals surface area contributed by atoms with E-state index >= 15 is 0 Å². The third kappa shape index (κ3) is 9.16. The number of hydrazine groups is 1. The van der Waals surface area contributed by atoms with Crippen LogP contribution in [0.3, 0.4) is 0 Å². The lowest BCUT2D eigenvalue weighted by atomic mass is 10.0. The molecule has 3 fully saturated rings. The number of nitrogens with two attached hydrogens (primary N) is 1. The van der Waals surface area contributed by atoms with Gasteiger partial charge in [-0.25, -0.2) is 30.2 Å². The number of carbonyl (C=O) groups excluding carboxylic acids is 6. The molecule has 25 nitrogen and oxygen atoms in total. The zero-order valence-electron chi connectivity index (χ0n) is 30.6. The van der Waals surface area contributed by atoms with Crippen molar-refractivity contribution in [1.29, 1.82) is 0 Å². The minimum Gasteiger partial charge on any atom is -0.504 e. The van der Waals surface area contributed by atoms with Gasteiger partial charge < -0.3 is 56.7 Å². The number of fused-ring (bicyclic) bond motifs is 1. The number of thioether (sulfide) groups is 1. The number of carboxylic acids is 2. The molecule has 0 unspecified atom stereocenters. The van der Waals surface area contributed by atoms with Crippen molar-refractivity contribution < 1.29 is 63.6 Å². The topological polar surface area (TPSA) is 360 Å². The van der Waals surface area contributed by atoms with Gasteiger partial charge in [0.1, 0.15) is 17.1 Å². The summed E-state index contributed by atoms with van der Waals surface area (Å²) in [4.78, 5) is 110. The number of phenolic OH excluding ortho intramolecular Hbond substituents is 2. The monoisotopic (exact) mass is 882 g/mol. The number of aromatic hydroxyl groups is 2. The Hall–Kier alpha value is -6.45. The minimum absolute atomic E-state index is 0.0438. The fourth-order valence-electron chi connectivity index (χ4n) is 5.46. The van der Waals surface area contributed by atoms with E-state index in [1.807, 2.05) is 0 Å². The third-order valence-electron chi connectivity index (χ3n) is 8.65. The van der Waals surface area contributed by atoms with Gasteiger partial charge in [-0.15, -0.1) is 11.3 Å². The number of anilines is 1. The second-order valence-electron chi connectivity index (χ2n) is 12.9. The van der Waals surface area contributed by atoms with E-state index in [1.165, 1.54) is 25.3 Å². The van der Waals surface area contributed by atoms with Crippen LogP contribution in [0.25, 0.3) is 0 Å². The van der Waals surface area contributed by atoms with Crippen LogP contribution in [0.1, 0.15) is 29.9 Å². The third-order valence-corrected chi connectivity index (χ3v) is 11.4. The number of carboxylic acid groups (broad SMARTS) is 2. The van der Waals surface area contributed by atoms with Crippen molar-refractivity contribution in [2.75, 3.05) is 45.0 Å². The molecule has 1 aromatic heterocycles. The molecule has 0 radical (unpaired) electrons. The number of piperazine rings is 1. The van der Waals surface area contributed by atoms with Gasteiger partial charge >= 0.3 is 29.8 Å². The highest BCUT2D eigenvalue weighted by molar-refractivity contribution is 8.02. The van der Waals surface area contributed by atoms with Gasteiger partial charge in [0, 0.05) is 31.2 Å². The lowest BCUT2D eigenvalue weighted by Crippen LogP contribution is -2.69. The summed E-state index contributed by atoms with van der Waals surface area (Å²) in [6.07, 6.45) is 1.15. The summed E-state index contributed by atoms with van der Waals surface area (Å²) in [6, 6.07) is 0.207. The van der Waals surface area contributed by atoms with Crippen LogP contribution in [0.5, 0.6) is 11.5 Å². The quantitative estimate of drug-likeness (QED) is 0.0207. The number of nitrogens with one attached hydrogen (secondary N) is 5. The van der Waals surface area contributed by atoms with Gasteiger partial charge in [0.15, 0.2) is 22.3 Å². The van der Waals surface area contributed by atoms with Crippen molar-refractivity contribution in [2.45, 2.75) is 35.7 Å². The molecule has 3 aliphatic heterocycles. The number of thiazole rings is 1. The van der Waals surface area contributed by atoms with E-state index in [9.17, 15) is 58.8 Å². The van der Waals surface area contributed by atoms with Crippen LogP contribution >= 0.6 is 34.7 Å². The molecule has 3 aliphatic rings. The molecule has 0 bridgehead atoms. The number of oxime groups is 1. The van der Waals surface area contributed by atoms with E-state index < -0.39 is 93.1 Å². The number of hydrazone groups is 1. The number of rotatable bonds is 16. The lowest BCUT2D eigenvalue weighted by Gasteiger charge is -2.41. The number of aromatic nitrogens is 1. The average Bonchev–Trinajstić information content (AvgIpc) is 3.78. The fraction of sp³-hybridized carbons (Fsp3) is 0.387. The van der Waals surface area contributed by atoms with E-state index in [0.717, 1.165) is 38.4 Å². The Morgan fingerprint density at radius 2 is 1.81 bits per heavy atom. The first-order chi connectivity index (χ1) is 27.8. The van der Waals surface area contributed by atoms with Gasteiger partial charge in [0.05, 0.1) is 30.2 Å². The van der Waals surface area contributed by atoms with Gasteiger partial charge in [0.25, 0.3) is 11.8 Å². The zero-order chi connectivity index (χ0) is 43.4. The summed E-state index contributed by atoms with van der Waals surface area (Å²) < 4.78 is 0. The first-order valence-electron chi connectivity index (χ1n) is 16.9. The smallest absolute Gasteiger partial charge is 0.350 e. The molecule has 0 spiro atoms. The van der Waals surface area contributed by atoms with Crippen LogP contribution in [-0.2, 0) is 33.6 Å². The van der Waals surface area contributed by atoms with Crippen molar-refractivity contribution in [1.82, 2.24) is 46.6 Å². The normalized spacial score (nSPS) is 20.6. The van der Waals surface area contributed by atoms with Crippen LogP contribution in [0, 0.1) is 0 Å². The number of amides is 7. The number of phenols is 2. The Kier molecular flexibility index (Phi) is 13.0. The maximum absolute atomic E-state index is 13.4. The van der Waals surface area contributed by atoms with E-state index in [2.05, 4.69) is 42.0 Å². The zero-order valence-corrected chi connectivity index (χ0v) is 33.0. The largest absolute Gasteiger partial charge is 0.504 e. The Balaban J connectivity index is 1.11. The Morgan fingerprint density at radius 1 is 1.10 bits per heavy atom. The minimum atomic E-state index is -2.11. The van der Waals surface area contributed by atoms with Crippen LogP contribution < -0.4 is 32.5 Å². The number of hydrogen-bond donors (Lipinski definition) is 10. The van der Waals surface area contributed by atoms with E-state index in [4.69, 9.17) is 22.2 Å². The van der Waals surface area contributed by atoms with Gasteiger partial charge in [-0.2, -0.15) is 5.10 Å². The molecule has 1 aromatic carbocycles. The molecule has 3 saturated heterocycles. The van der Waals surface area contributed by atoms with Crippen molar-refractivity contribution in [3.05, 3.63) is 33.8 Å². The molecule has 316 valence electrons. The van der Waals surface area contributed by atoms with E-state index in [1.54, 1.807) is 0 Å². The van der Waals surface area contributed by atoms with Gasteiger partial charge in [-0.3, -0.25) is 29.0 Å². The fourth-order valence-corrected chi connectivity index (χ4v) is 7.90. The first kappa shape index (κ1) is 43.7. The molecule has 4 heterocycles. The Labute approximate surface area is 344 Å². The molecule has 59 heavy (non-hydrogen) atoms. The second-order valence-corrected chi connectivity index (χ2v) is 15.6. The number of halogens is 1. The average molecular weight is 883 g/mol. The Morgan fingerprint density at radius 3 is 2.47 bits per heavy atom. The molecule has 7 amide bonds. The number of benzene rings is 1. The summed E-state index contributed by atoms with van der Waals surface area (Å²) in [6.45, 7) is 1.12. The highest BCUT2D eigenvalue weighted by Gasteiger charge is 2.66. The SMILES string of the molecule is CC(C)(O/N=C(\C(=O)N[C@@H]1C(=O)N2C[C@@](C(=O)O)(N3CCN(NC/C=N/NC(=O)NCCNC(=O)c4ccc(O)c(O)c4Cl)C(=O)C3=O)S[C@H]12)c1csc(N)n1)C(=O)O. The molecular formula is C31H35ClN12O13S2. The number of nitrogen functional groups attached to an aromatic ring is 1. The van der Waals surface area contributed by atoms with Crippen molar-refractivity contribution in [2.24, 2.45) is 10.3 Å². The molecule has 2 aromatic rings. The number of carbonyl (C=O) groups is 8. The van der Waals surface area contributed by atoms with E-state index in [-0.39, 0.29) is 54.1 Å². The van der Waals surface area contributed by atoms with Crippen LogP contribution in [0.2, 0.25) is 5.02 Å². The lowest BCUT2D eigenvalue weighted by molar-refractivity contribution is -0.167. The van der Waals surface area contributed by atoms with Gasteiger partial charge in [0.2, 0.25) is 16.4 Å². The maximum atomic E-state index is 13.4. The molecule has 11 N–H and O–H groups in total. The van der Waals surface area contributed by atoms with Crippen LogP contribution in [0.15, 0.2) is 27.8 Å². The first-order valence-corrected chi connectivity index (χ1v) is 19.1. The van der Waals surface area contributed by atoms with Gasteiger partial charge in [-0.1, -0.05) is 28.5 Å². The highest BCUT2D eigenvalue weighted by Crippen LogP contribution is 2.49. The summed E-state index contributed by atoms with van der Waals surface area (Å²) in [5.74, 6) is -8.79. The number of urea groups is 1. The summed E-state index contributed by atoms with van der Waals surface area (Å²) in [7, 11) is 0. The molecule has 0 saturated carbocycles. The number of hydrogen-bond acceptors (Lipinski definition) is 18. The number of nitrogens with zero attached hydrogens (tertiary/aromatic N) is 6. The van der Waals surface area contributed by atoms with Gasteiger partial charge in [-0.05, 0) is 26.0 Å². The predicted octanol–water partition coefficient (Wildman–Crippen LogP) is -2.55. The molecular weight excluding hydrogens is 848 g/mol. The van der Waals surface area contributed by atoms with Crippen LogP contribution in [0.4, 0.5) is 9.93 Å². The number of aliphatic carboxylic acids is 2. The highest BCUT2D eigenvalue weighted by atomic mass is 35.5. The molecule has 5 rings (SSSR count). The van der Waals surface area contributed by atoms with Crippen molar-refractivity contribution in [3.63, 3.8) is 0 Å². The number of β-lactam (4-membered cyclic amide) rings is 1. The standard InChI is InChI=1S/C31H35ClN12O13S2/c1-30(2,26(52)53)57-41-17(14-11-58-28(33)38-14)21(48)39-18-22(49)42-12-31(27(54)55,59-25(18)42)43-9-10-44(24(51)23(43)50)37-8-7-36-40-29(56)35-6-5-34-20(47)13-3-4-15(45)19(46)16(13)32/h3-4,7,11,18,25,37,45-46H,5-6,8-10,12H2,1-2H3,(H2,33,38)(H,34,47)(H,39,48)(H,52,53)(H,54,55)(H2,35,40,56)/b36-7+,41-17-/t18-,25-,31-/m1/s1. The van der Waals surface area contributed by atoms with E-state index in [0.29, 0.717) is 11.8 Å². The van der Waals surface area contributed by atoms with Crippen molar-refractivity contribution in [3.8, 4) is 11.5 Å².